The summed E-state index contributed by atoms with van der Waals surface area (Å²) in [6, 6.07) is 18.3. The van der Waals surface area contributed by atoms with Crippen molar-refractivity contribution in [2.75, 3.05) is 23.6 Å². The summed E-state index contributed by atoms with van der Waals surface area (Å²) in [5.74, 6) is -1.15. The van der Waals surface area contributed by atoms with Crippen molar-refractivity contribution in [2.45, 2.75) is 12.0 Å². The van der Waals surface area contributed by atoms with E-state index in [0.717, 1.165) is 22.3 Å². The normalized spacial score (nSPS) is 16.6. The fourth-order valence-electron chi connectivity index (χ4n) is 4.40. The third kappa shape index (κ3) is 3.99. The van der Waals surface area contributed by atoms with E-state index in [-0.39, 0.29) is 29.8 Å². The average Bonchev–Trinajstić information content (AvgIpc) is 3.46. The first kappa shape index (κ1) is 22.0. The molecule has 34 heavy (non-hydrogen) atoms. The Hall–Kier alpha value is -3.85. The van der Waals surface area contributed by atoms with Gasteiger partial charge in [-0.05, 0) is 34.4 Å². The van der Waals surface area contributed by atoms with Crippen molar-refractivity contribution in [2.24, 2.45) is 0 Å². The van der Waals surface area contributed by atoms with Gasteiger partial charge in [0, 0.05) is 17.9 Å². The summed E-state index contributed by atoms with van der Waals surface area (Å²) in [5.41, 5.74) is 4.60. The van der Waals surface area contributed by atoms with Gasteiger partial charge in [-0.25, -0.2) is 14.6 Å². The summed E-state index contributed by atoms with van der Waals surface area (Å²) >= 11 is 1.36. The summed E-state index contributed by atoms with van der Waals surface area (Å²) in [6.07, 6.45) is 0.712. The fourth-order valence-corrected chi connectivity index (χ4v) is 5.55. The molecule has 0 spiro atoms. The van der Waals surface area contributed by atoms with Gasteiger partial charge in [0.15, 0.2) is 5.69 Å². The molecule has 1 aliphatic heterocycles. The molecule has 1 saturated heterocycles. The van der Waals surface area contributed by atoms with Crippen molar-refractivity contribution in [3.8, 4) is 11.1 Å². The van der Waals surface area contributed by atoms with E-state index in [1.807, 2.05) is 36.4 Å². The second-order valence-electron chi connectivity index (χ2n) is 7.98. The maximum atomic E-state index is 13.0. The maximum absolute atomic E-state index is 13.0. The van der Waals surface area contributed by atoms with Crippen LogP contribution in [0.25, 0.3) is 11.1 Å². The van der Waals surface area contributed by atoms with Crippen LogP contribution in [-0.4, -0.2) is 57.2 Å². The summed E-state index contributed by atoms with van der Waals surface area (Å²) in [7, 11) is 0. The number of benzene rings is 2. The van der Waals surface area contributed by atoms with Crippen LogP contribution in [0.5, 0.6) is 0 Å². The molecule has 0 radical (unpaired) electrons. The van der Waals surface area contributed by atoms with Gasteiger partial charge in [0.25, 0.3) is 5.91 Å². The predicted octanol–water partition coefficient (Wildman–Crippen LogP) is 4.04. The molecular formula is C25H21N3O5S. The minimum Gasteiger partial charge on any atom is -0.480 e. The molecule has 2 aliphatic rings. The lowest BCUT2D eigenvalue weighted by Gasteiger charge is -2.21. The number of amides is 2. The van der Waals surface area contributed by atoms with Crippen LogP contribution in [-0.2, 0) is 9.53 Å². The molecule has 3 aromatic rings. The summed E-state index contributed by atoms with van der Waals surface area (Å²) in [4.78, 5) is 42.5. The molecule has 1 atom stereocenters. The standard InChI is InChI=1S/C25H21N3O5S/c29-23(28-14-34-13-21(28)24(30)31)22-20(10-5-11-26-22)27-25(32)33-12-19-17-8-3-1-6-15(17)16-7-2-4-9-18(16)19/h1-11,19,21H,12-14H2,(H,27,32)(H,30,31). The molecule has 1 aliphatic carbocycles. The Balaban J connectivity index is 1.30. The third-order valence-corrected chi connectivity index (χ3v) is 7.03. The van der Waals surface area contributed by atoms with E-state index in [9.17, 15) is 19.5 Å². The van der Waals surface area contributed by atoms with Gasteiger partial charge in [-0.2, -0.15) is 0 Å². The second-order valence-corrected chi connectivity index (χ2v) is 8.98. The lowest BCUT2D eigenvalue weighted by molar-refractivity contribution is -0.140. The van der Waals surface area contributed by atoms with Crippen molar-refractivity contribution >= 4 is 35.4 Å². The Morgan fingerprint density at radius 3 is 2.38 bits per heavy atom. The number of ether oxygens (including phenoxy) is 1. The Morgan fingerprint density at radius 1 is 1.03 bits per heavy atom. The molecule has 8 nitrogen and oxygen atoms in total. The highest BCUT2D eigenvalue weighted by molar-refractivity contribution is 7.99. The maximum Gasteiger partial charge on any atom is 0.411 e. The molecule has 0 bridgehead atoms. The topological polar surface area (TPSA) is 109 Å². The summed E-state index contributed by atoms with van der Waals surface area (Å²) in [6.45, 7) is 0.132. The first-order chi connectivity index (χ1) is 16.5. The zero-order chi connectivity index (χ0) is 23.7. The van der Waals surface area contributed by atoms with Gasteiger partial charge >= 0.3 is 12.1 Å². The molecule has 0 saturated carbocycles. The number of pyridine rings is 1. The minimum absolute atomic E-state index is 0.0234. The number of carboxylic acid groups (broad SMARTS) is 1. The lowest BCUT2D eigenvalue weighted by Crippen LogP contribution is -2.42. The molecule has 2 amide bonds. The van der Waals surface area contributed by atoms with E-state index in [0.29, 0.717) is 5.75 Å². The van der Waals surface area contributed by atoms with Crippen molar-refractivity contribution < 1.29 is 24.2 Å². The van der Waals surface area contributed by atoms with Crippen LogP contribution in [0.4, 0.5) is 10.5 Å². The van der Waals surface area contributed by atoms with Gasteiger partial charge in [0.05, 0.1) is 11.6 Å². The zero-order valence-electron chi connectivity index (χ0n) is 18.0. The average molecular weight is 476 g/mol. The molecule has 5 rings (SSSR count). The molecular weight excluding hydrogens is 454 g/mol. The fraction of sp³-hybridized carbons (Fsp3) is 0.200. The zero-order valence-corrected chi connectivity index (χ0v) is 18.8. The molecule has 1 aromatic heterocycles. The molecule has 1 unspecified atom stereocenters. The van der Waals surface area contributed by atoms with Crippen molar-refractivity contribution in [3.63, 3.8) is 0 Å². The van der Waals surface area contributed by atoms with Crippen LogP contribution in [0.2, 0.25) is 0 Å². The second kappa shape index (κ2) is 9.18. The molecule has 172 valence electrons. The lowest BCUT2D eigenvalue weighted by atomic mass is 9.98. The van der Waals surface area contributed by atoms with E-state index in [1.165, 1.54) is 22.9 Å². The number of hydrogen-bond acceptors (Lipinski definition) is 6. The molecule has 1 fully saturated rings. The largest absolute Gasteiger partial charge is 0.480 e. The molecule has 9 heteroatoms. The number of aromatic nitrogens is 1. The van der Waals surface area contributed by atoms with Crippen LogP contribution >= 0.6 is 11.8 Å². The minimum atomic E-state index is -1.07. The van der Waals surface area contributed by atoms with E-state index < -0.39 is 24.0 Å². The molecule has 2 N–H and O–H groups in total. The van der Waals surface area contributed by atoms with Crippen LogP contribution in [0, 0.1) is 0 Å². The Labute approximate surface area is 199 Å². The first-order valence-corrected chi connectivity index (χ1v) is 11.9. The quantitative estimate of drug-likeness (QED) is 0.573. The van der Waals surface area contributed by atoms with Gasteiger partial charge in [0.1, 0.15) is 12.6 Å². The van der Waals surface area contributed by atoms with Gasteiger partial charge in [0.2, 0.25) is 0 Å². The highest BCUT2D eigenvalue weighted by Gasteiger charge is 2.36. The smallest absolute Gasteiger partial charge is 0.411 e. The van der Waals surface area contributed by atoms with Crippen molar-refractivity contribution in [1.82, 2.24) is 9.88 Å². The number of hydrogen-bond donors (Lipinski definition) is 2. The number of aliphatic carboxylic acids is 1. The van der Waals surface area contributed by atoms with Crippen molar-refractivity contribution in [1.29, 1.82) is 0 Å². The Bertz CT molecular complexity index is 1240. The van der Waals surface area contributed by atoms with Gasteiger partial charge < -0.3 is 14.7 Å². The predicted molar refractivity (Wildman–Crippen MR) is 128 cm³/mol. The van der Waals surface area contributed by atoms with E-state index in [1.54, 1.807) is 12.1 Å². The van der Waals surface area contributed by atoms with Crippen molar-refractivity contribution in [3.05, 3.63) is 83.7 Å². The number of nitrogens with zero attached hydrogens (tertiary/aromatic N) is 2. The number of rotatable bonds is 5. The number of carbonyl (C=O) groups excluding carboxylic acids is 2. The van der Waals surface area contributed by atoms with Crippen LogP contribution < -0.4 is 5.32 Å². The number of nitrogens with one attached hydrogen (secondary N) is 1. The van der Waals surface area contributed by atoms with E-state index >= 15 is 0 Å². The molecule has 2 aromatic carbocycles. The summed E-state index contributed by atoms with van der Waals surface area (Å²) in [5, 5.41) is 12.0. The highest BCUT2D eigenvalue weighted by atomic mass is 32.2. The van der Waals surface area contributed by atoms with E-state index in [2.05, 4.69) is 22.4 Å². The Morgan fingerprint density at radius 2 is 1.71 bits per heavy atom. The summed E-state index contributed by atoms with van der Waals surface area (Å²) < 4.78 is 5.56. The van der Waals surface area contributed by atoms with Crippen LogP contribution in [0.1, 0.15) is 27.5 Å². The van der Waals surface area contributed by atoms with E-state index in [4.69, 9.17) is 4.74 Å². The first-order valence-electron chi connectivity index (χ1n) is 10.7. The van der Waals surface area contributed by atoms with Gasteiger partial charge in [-0.1, -0.05) is 48.5 Å². The number of fused-ring (bicyclic) bond motifs is 3. The third-order valence-electron chi connectivity index (χ3n) is 6.02. The van der Waals surface area contributed by atoms with Gasteiger partial charge in [-0.15, -0.1) is 11.8 Å². The Kier molecular flexibility index (Phi) is 5.93. The van der Waals surface area contributed by atoms with Crippen LogP contribution in [0.3, 0.4) is 0 Å². The highest BCUT2D eigenvalue weighted by Crippen LogP contribution is 2.44. The monoisotopic (exact) mass is 475 g/mol. The number of anilines is 1. The van der Waals surface area contributed by atoms with Gasteiger partial charge in [-0.3, -0.25) is 10.1 Å². The SMILES string of the molecule is O=C(Nc1cccnc1C(=O)N1CSCC1C(=O)O)OCC1c2ccccc2-c2ccccc21. The number of carboxylic acids is 1. The number of thioether (sulfide) groups is 1. The molecule has 2 heterocycles. The number of carbonyl (C=O) groups is 3. The van der Waals surface area contributed by atoms with Crippen LogP contribution in [0.15, 0.2) is 66.9 Å².